The fourth-order valence-corrected chi connectivity index (χ4v) is 6.55. The van der Waals surface area contributed by atoms with Gasteiger partial charge in [-0.1, -0.05) is 24.3 Å². The van der Waals surface area contributed by atoms with Crippen molar-refractivity contribution in [3.63, 3.8) is 0 Å². The number of benzene rings is 1. The van der Waals surface area contributed by atoms with Crippen LogP contribution in [-0.4, -0.2) is 57.9 Å². The first-order valence-electron chi connectivity index (χ1n) is 12.5. The maximum atomic E-state index is 13.1. The average Bonchev–Trinajstić information content (AvgIpc) is 3.29. The number of piperazine rings is 1. The highest BCUT2D eigenvalue weighted by Gasteiger charge is 2.25. The summed E-state index contributed by atoms with van der Waals surface area (Å²) in [4.78, 5) is 40.9. The van der Waals surface area contributed by atoms with Crippen LogP contribution < -0.4 is 10.5 Å². The van der Waals surface area contributed by atoms with Gasteiger partial charge < -0.3 is 4.90 Å². The molecule has 1 aromatic carbocycles. The van der Waals surface area contributed by atoms with Gasteiger partial charge in [-0.2, -0.15) is 0 Å². The number of ketones is 1. The Morgan fingerprint density at radius 1 is 0.914 bits per heavy atom. The lowest BCUT2D eigenvalue weighted by atomic mass is 9.96. The lowest BCUT2D eigenvalue weighted by Crippen LogP contribution is -2.47. The fourth-order valence-electron chi connectivity index (χ4n) is 5.40. The Morgan fingerprint density at radius 2 is 1.74 bits per heavy atom. The minimum absolute atomic E-state index is 0.0124. The number of carbonyl (C=O) groups is 1. The molecular formula is C27H29N5O2S. The van der Waals surface area contributed by atoms with E-state index in [2.05, 4.69) is 50.1 Å². The largest absolute Gasteiger partial charge is 0.354 e. The van der Waals surface area contributed by atoms with Crippen molar-refractivity contribution in [2.24, 2.45) is 0 Å². The lowest BCUT2D eigenvalue weighted by Gasteiger charge is -2.35. The minimum atomic E-state index is 0.0124. The van der Waals surface area contributed by atoms with Gasteiger partial charge in [-0.05, 0) is 49.2 Å². The Kier molecular flexibility index (Phi) is 6.08. The van der Waals surface area contributed by atoms with E-state index in [9.17, 15) is 9.59 Å². The number of hydrogen-bond acceptors (Lipinski definition) is 7. The number of hydrogen-bond donors (Lipinski definition) is 0. The molecule has 0 atom stereocenters. The molecule has 180 valence electrons. The number of aryl methyl sites for hydroxylation is 2. The molecular weight excluding hydrogens is 458 g/mol. The van der Waals surface area contributed by atoms with Gasteiger partial charge in [0, 0.05) is 50.7 Å². The summed E-state index contributed by atoms with van der Waals surface area (Å²) in [6.07, 6.45) is 7.76. The highest BCUT2D eigenvalue weighted by molar-refractivity contribution is 7.20. The highest BCUT2D eigenvalue weighted by atomic mass is 32.1. The third-order valence-electron chi connectivity index (χ3n) is 7.31. The number of thiophene rings is 1. The monoisotopic (exact) mass is 487 g/mol. The fraction of sp³-hybridized carbons (Fsp3) is 0.407. The smallest absolute Gasteiger partial charge is 0.262 e. The van der Waals surface area contributed by atoms with Gasteiger partial charge in [-0.3, -0.25) is 19.1 Å². The summed E-state index contributed by atoms with van der Waals surface area (Å²) in [6.45, 7) is 5.69. The van der Waals surface area contributed by atoms with Gasteiger partial charge in [0.1, 0.15) is 10.6 Å². The maximum Gasteiger partial charge on any atom is 0.262 e. The summed E-state index contributed by atoms with van der Waals surface area (Å²) in [6, 6.07) is 10.5. The second-order valence-corrected chi connectivity index (χ2v) is 10.5. The van der Waals surface area contributed by atoms with Crippen molar-refractivity contribution in [2.75, 3.05) is 37.6 Å². The van der Waals surface area contributed by atoms with Crippen LogP contribution in [0.25, 0.3) is 21.0 Å². The van der Waals surface area contributed by atoms with Crippen molar-refractivity contribution in [1.29, 1.82) is 0 Å². The van der Waals surface area contributed by atoms with Crippen LogP contribution >= 0.6 is 11.3 Å². The Balaban J connectivity index is 1.04. The Morgan fingerprint density at radius 3 is 2.63 bits per heavy atom. The van der Waals surface area contributed by atoms with Gasteiger partial charge in [0.2, 0.25) is 0 Å². The number of unbranched alkanes of at least 4 members (excludes halogenated alkanes) is 1. The number of carbonyl (C=O) groups excluding carboxylic acids is 1. The summed E-state index contributed by atoms with van der Waals surface area (Å²) >= 11 is 1.39. The molecule has 1 saturated heterocycles. The summed E-state index contributed by atoms with van der Waals surface area (Å²) in [5.41, 5.74) is 0.949. The van der Waals surface area contributed by atoms with Crippen molar-refractivity contribution in [1.82, 2.24) is 19.4 Å². The normalized spacial score (nSPS) is 16.8. The molecule has 3 aromatic heterocycles. The van der Waals surface area contributed by atoms with E-state index in [4.69, 9.17) is 0 Å². The van der Waals surface area contributed by atoms with Gasteiger partial charge in [0.05, 0.1) is 16.6 Å². The quantitative estimate of drug-likeness (QED) is 0.381. The summed E-state index contributed by atoms with van der Waals surface area (Å²) < 4.78 is 1.73. The van der Waals surface area contributed by atoms with Crippen LogP contribution in [-0.2, 0) is 13.0 Å². The predicted molar refractivity (Wildman–Crippen MR) is 141 cm³/mol. The van der Waals surface area contributed by atoms with Gasteiger partial charge in [0.15, 0.2) is 5.78 Å². The molecule has 0 amide bonds. The van der Waals surface area contributed by atoms with Crippen LogP contribution in [0.1, 0.15) is 40.9 Å². The topological polar surface area (TPSA) is 71.3 Å². The average molecular weight is 488 g/mol. The zero-order valence-corrected chi connectivity index (χ0v) is 20.6. The van der Waals surface area contributed by atoms with E-state index < -0.39 is 0 Å². The number of anilines is 1. The van der Waals surface area contributed by atoms with E-state index >= 15 is 0 Å². The molecule has 0 spiro atoms. The number of nitrogens with zero attached hydrogens (tertiary/aromatic N) is 5. The second-order valence-electron chi connectivity index (χ2n) is 9.50. The molecule has 0 unspecified atom stereocenters. The molecule has 6 rings (SSSR count). The molecule has 2 aliphatic rings. The van der Waals surface area contributed by atoms with Gasteiger partial charge >= 0.3 is 0 Å². The van der Waals surface area contributed by atoms with Crippen molar-refractivity contribution in [3.05, 3.63) is 63.7 Å². The molecule has 8 heteroatoms. The van der Waals surface area contributed by atoms with Gasteiger partial charge in [-0.15, -0.1) is 11.3 Å². The number of aromatic nitrogens is 3. The zero-order chi connectivity index (χ0) is 23.8. The maximum absolute atomic E-state index is 13.1. The number of fused-ring (bicyclic) bond motifs is 4. The van der Waals surface area contributed by atoms with Crippen LogP contribution in [0.3, 0.4) is 0 Å². The van der Waals surface area contributed by atoms with E-state index in [0.717, 1.165) is 74.7 Å². The van der Waals surface area contributed by atoms with E-state index in [1.54, 1.807) is 10.9 Å². The molecule has 1 fully saturated rings. The molecule has 0 N–H and O–H groups in total. The van der Waals surface area contributed by atoms with Crippen LogP contribution in [0.4, 0.5) is 5.82 Å². The van der Waals surface area contributed by atoms with Crippen LogP contribution in [0.5, 0.6) is 0 Å². The Hall–Kier alpha value is -3.10. The number of pyridine rings is 1. The molecule has 0 saturated carbocycles. The van der Waals surface area contributed by atoms with Crippen LogP contribution in [0.15, 0.2) is 47.7 Å². The molecule has 0 bridgehead atoms. The molecule has 35 heavy (non-hydrogen) atoms. The third kappa shape index (κ3) is 4.25. The van der Waals surface area contributed by atoms with Crippen molar-refractivity contribution < 1.29 is 4.79 Å². The summed E-state index contributed by atoms with van der Waals surface area (Å²) in [5, 5.41) is 3.13. The lowest BCUT2D eigenvalue weighted by molar-refractivity contribution is 0.0977. The molecule has 0 radical (unpaired) electrons. The van der Waals surface area contributed by atoms with E-state index in [1.807, 2.05) is 6.20 Å². The first-order valence-corrected chi connectivity index (χ1v) is 13.4. The number of rotatable bonds is 6. The first kappa shape index (κ1) is 22.4. The predicted octanol–water partition coefficient (Wildman–Crippen LogP) is 4.13. The second kappa shape index (κ2) is 9.51. The van der Waals surface area contributed by atoms with Gasteiger partial charge in [0.25, 0.3) is 5.56 Å². The molecule has 4 aromatic rings. The molecule has 1 aliphatic carbocycles. The summed E-state index contributed by atoms with van der Waals surface area (Å²) in [7, 11) is 0. The first-order chi connectivity index (χ1) is 17.2. The van der Waals surface area contributed by atoms with Crippen LogP contribution in [0, 0.1) is 0 Å². The van der Waals surface area contributed by atoms with Crippen LogP contribution in [0.2, 0.25) is 0 Å². The van der Waals surface area contributed by atoms with Crippen molar-refractivity contribution in [3.8, 4) is 0 Å². The Labute approximate surface area is 208 Å². The number of Topliss-reactive ketones (excluding diaryl/α,β-unsaturated/α-hetero) is 1. The molecule has 4 heterocycles. The van der Waals surface area contributed by atoms with E-state index in [-0.39, 0.29) is 11.3 Å². The third-order valence-corrected chi connectivity index (χ3v) is 8.49. The standard InChI is InChI=1S/C27H29N5O2S/c33-22-9-5-8-21-23-26(35-24(21)22)29-18-32(27(23)34)13-4-3-12-30-14-16-31(17-15-30)25-20-7-2-1-6-19(20)10-11-28-25/h1-2,6-7,10-11,18H,3-5,8-9,12-17H2. The van der Waals surface area contributed by atoms with E-state index in [0.29, 0.717) is 23.2 Å². The molecule has 7 nitrogen and oxygen atoms in total. The van der Waals surface area contributed by atoms with E-state index in [1.165, 1.54) is 22.1 Å². The molecule has 1 aliphatic heterocycles. The summed E-state index contributed by atoms with van der Waals surface area (Å²) in [5.74, 6) is 1.25. The SMILES string of the molecule is O=C1CCCc2c1sc1ncn(CCCCN3CCN(c4nccc5ccccc45)CC3)c(=O)c21. The van der Waals surface area contributed by atoms with Crippen molar-refractivity contribution >= 4 is 43.9 Å². The van der Waals surface area contributed by atoms with Gasteiger partial charge in [-0.25, -0.2) is 9.97 Å². The Bertz CT molecular complexity index is 1450. The zero-order valence-electron chi connectivity index (χ0n) is 19.8. The highest BCUT2D eigenvalue weighted by Crippen LogP contribution is 2.33. The minimum Gasteiger partial charge on any atom is -0.354 e. The van der Waals surface area contributed by atoms with Crippen molar-refractivity contribution in [2.45, 2.75) is 38.6 Å².